The van der Waals surface area contributed by atoms with Crippen molar-refractivity contribution in [2.45, 2.75) is 24.8 Å². The zero-order chi connectivity index (χ0) is 22.4. The molecule has 3 rings (SSSR count). The van der Waals surface area contributed by atoms with Crippen LogP contribution in [0.2, 0.25) is 5.02 Å². The maximum absolute atomic E-state index is 12.4. The summed E-state index contributed by atoms with van der Waals surface area (Å²) in [6.45, 7) is 2.95. The van der Waals surface area contributed by atoms with Gasteiger partial charge in [0.05, 0.1) is 34.1 Å². The lowest BCUT2D eigenvalue weighted by Crippen LogP contribution is -2.21. The summed E-state index contributed by atoms with van der Waals surface area (Å²) >= 11 is 6.32. The monoisotopic (exact) mass is 462 g/mol. The third kappa shape index (κ3) is 5.71. The van der Waals surface area contributed by atoms with Crippen molar-refractivity contribution < 1.29 is 17.9 Å². The number of carbonyl (C=O) groups is 1. The van der Waals surface area contributed by atoms with Crippen LogP contribution in [0.1, 0.15) is 28.5 Å². The molecule has 0 aliphatic carbocycles. The first kappa shape index (κ1) is 23.0. The first-order chi connectivity index (χ1) is 14.8. The van der Waals surface area contributed by atoms with Crippen LogP contribution in [0, 0.1) is 0 Å². The molecule has 0 unspecified atom stereocenters. The van der Waals surface area contributed by atoms with E-state index in [0.717, 1.165) is 5.56 Å². The second-order valence-electron chi connectivity index (χ2n) is 6.70. The van der Waals surface area contributed by atoms with Gasteiger partial charge in [0.25, 0.3) is 0 Å². The summed E-state index contributed by atoms with van der Waals surface area (Å²) < 4.78 is 29.5. The van der Waals surface area contributed by atoms with Gasteiger partial charge in [0.15, 0.2) is 0 Å². The Morgan fingerprint density at radius 2 is 1.90 bits per heavy atom. The molecular weight excluding hydrogens is 440 g/mol. The average Bonchev–Trinajstić information content (AvgIpc) is 3.15. The molecule has 0 amide bonds. The van der Waals surface area contributed by atoms with Crippen LogP contribution in [0.4, 0.5) is 0 Å². The lowest BCUT2D eigenvalue weighted by atomic mass is 10.1. The summed E-state index contributed by atoms with van der Waals surface area (Å²) in [6.07, 6.45) is 2.13. The van der Waals surface area contributed by atoms with E-state index in [0.29, 0.717) is 41.5 Å². The Balaban J connectivity index is 1.73. The van der Waals surface area contributed by atoms with Gasteiger partial charge in [0, 0.05) is 6.54 Å². The summed E-state index contributed by atoms with van der Waals surface area (Å²) in [6, 6.07) is 13.6. The summed E-state index contributed by atoms with van der Waals surface area (Å²) in [4.78, 5) is 12.4. The van der Waals surface area contributed by atoms with E-state index in [1.165, 1.54) is 18.3 Å². The second-order valence-corrected chi connectivity index (χ2v) is 8.67. The molecule has 3 aromatic rings. The minimum atomic E-state index is -3.71. The number of nitrogens with two attached hydrogens (primary N) is 1. The van der Waals surface area contributed by atoms with Crippen LogP contribution in [-0.4, -0.2) is 37.3 Å². The van der Waals surface area contributed by atoms with Crippen molar-refractivity contribution in [2.75, 3.05) is 13.2 Å². The quantitative estimate of drug-likeness (QED) is 0.373. The van der Waals surface area contributed by atoms with Gasteiger partial charge in [0.2, 0.25) is 10.0 Å². The zero-order valence-electron chi connectivity index (χ0n) is 16.9. The summed E-state index contributed by atoms with van der Waals surface area (Å²) in [5, 5.41) is 13.3. The molecule has 2 aromatic carbocycles. The number of para-hydroxylation sites is 1. The molecule has 0 spiro atoms. The van der Waals surface area contributed by atoms with Crippen molar-refractivity contribution >= 4 is 27.6 Å². The molecule has 0 aliphatic rings. The van der Waals surface area contributed by atoms with E-state index in [-0.39, 0.29) is 11.5 Å². The standard InChI is InChI=1S/C21H23ClN4O4S/c1-2-30-21(27)17-13-25-26(19-6-4-3-5-18(19)22)20(17)14-24-12-11-15-7-9-16(10-8-15)31(23,28)29/h3-10,13,24H,2,11-12,14H2,1H3,(H2,23,28,29). The molecule has 0 saturated heterocycles. The highest BCUT2D eigenvalue weighted by molar-refractivity contribution is 7.89. The fraction of sp³-hybridized carbons (Fsp3) is 0.238. The van der Waals surface area contributed by atoms with Gasteiger partial charge in [0.1, 0.15) is 5.56 Å². The second kappa shape index (κ2) is 10.1. The lowest BCUT2D eigenvalue weighted by molar-refractivity contribution is 0.0525. The maximum Gasteiger partial charge on any atom is 0.341 e. The van der Waals surface area contributed by atoms with Crippen molar-refractivity contribution in [1.82, 2.24) is 15.1 Å². The number of esters is 1. The number of sulfonamides is 1. The fourth-order valence-corrected chi connectivity index (χ4v) is 3.77. The number of primary sulfonamides is 1. The van der Waals surface area contributed by atoms with Crippen LogP contribution in [0.15, 0.2) is 59.6 Å². The van der Waals surface area contributed by atoms with Gasteiger partial charge in [-0.25, -0.2) is 23.0 Å². The number of hydrogen-bond donors (Lipinski definition) is 2. The van der Waals surface area contributed by atoms with Gasteiger partial charge in [-0.3, -0.25) is 0 Å². The van der Waals surface area contributed by atoms with E-state index in [9.17, 15) is 13.2 Å². The van der Waals surface area contributed by atoms with Crippen LogP contribution in [0.5, 0.6) is 0 Å². The number of rotatable bonds is 9. The lowest BCUT2D eigenvalue weighted by Gasteiger charge is -2.12. The Labute approximate surface area is 186 Å². The highest BCUT2D eigenvalue weighted by Crippen LogP contribution is 2.23. The van der Waals surface area contributed by atoms with E-state index in [4.69, 9.17) is 21.5 Å². The van der Waals surface area contributed by atoms with Crippen LogP contribution in [-0.2, 0) is 27.7 Å². The maximum atomic E-state index is 12.4. The first-order valence-electron chi connectivity index (χ1n) is 9.62. The molecule has 8 nitrogen and oxygen atoms in total. The number of ether oxygens (including phenoxy) is 1. The largest absolute Gasteiger partial charge is 0.462 e. The third-order valence-electron chi connectivity index (χ3n) is 4.58. The fourth-order valence-electron chi connectivity index (χ4n) is 3.04. The number of hydrogen-bond acceptors (Lipinski definition) is 6. The average molecular weight is 463 g/mol. The number of benzene rings is 2. The van der Waals surface area contributed by atoms with E-state index < -0.39 is 16.0 Å². The summed E-state index contributed by atoms with van der Waals surface area (Å²) in [5.41, 5.74) is 2.61. The third-order valence-corrected chi connectivity index (χ3v) is 5.83. The highest BCUT2D eigenvalue weighted by atomic mass is 35.5. The van der Waals surface area contributed by atoms with Crippen molar-refractivity contribution in [3.8, 4) is 5.69 Å². The van der Waals surface area contributed by atoms with Gasteiger partial charge in [-0.15, -0.1) is 0 Å². The topological polar surface area (TPSA) is 116 Å². The van der Waals surface area contributed by atoms with Gasteiger partial charge in [-0.1, -0.05) is 35.9 Å². The van der Waals surface area contributed by atoms with Crippen molar-refractivity contribution in [1.29, 1.82) is 0 Å². The zero-order valence-corrected chi connectivity index (χ0v) is 18.5. The molecular formula is C21H23ClN4O4S. The minimum Gasteiger partial charge on any atom is -0.462 e. The molecule has 3 N–H and O–H groups in total. The van der Waals surface area contributed by atoms with Gasteiger partial charge in [-0.2, -0.15) is 5.10 Å². The molecule has 1 heterocycles. The molecule has 0 radical (unpaired) electrons. The number of nitrogens with zero attached hydrogens (tertiary/aromatic N) is 2. The predicted molar refractivity (Wildman–Crippen MR) is 118 cm³/mol. The summed E-state index contributed by atoms with van der Waals surface area (Å²) in [5.74, 6) is -0.448. The number of halogens is 1. The summed E-state index contributed by atoms with van der Waals surface area (Å²) in [7, 11) is -3.71. The van der Waals surface area contributed by atoms with Crippen molar-refractivity contribution in [3.05, 3.63) is 76.6 Å². The van der Waals surface area contributed by atoms with Crippen LogP contribution in [0.25, 0.3) is 5.69 Å². The van der Waals surface area contributed by atoms with Crippen LogP contribution >= 0.6 is 11.6 Å². The first-order valence-corrected chi connectivity index (χ1v) is 11.5. The number of carbonyl (C=O) groups excluding carboxylic acids is 1. The molecule has 0 bridgehead atoms. The van der Waals surface area contributed by atoms with Crippen molar-refractivity contribution in [3.63, 3.8) is 0 Å². The smallest absolute Gasteiger partial charge is 0.341 e. The number of aromatic nitrogens is 2. The SMILES string of the molecule is CCOC(=O)c1cnn(-c2ccccc2Cl)c1CNCCc1ccc(S(N)(=O)=O)cc1. The molecule has 0 aliphatic heterocycles. The van der Waals surface area contributed by atoms with Gasteiger partial charge >= 0.3 is 5.97 Å². The normalized spacial score (nSPS) is 11.5. The Bertz CT molecular complexity index is 1160. The van der Waals surface area contributed by atoms with Gasteiger partial charge < -0.3 is 10.1 Å². The molecule has 31 heavy (non-hydrogen) atoms. The highest BCUT2D eigenvalue weighted by Gasteiger charge is 2.20. The van der Waals surface area contributed by atoms with E-state index >= 15 is 0 Å². The van der Waals surface area contributed by atoms with E-state index in [1.807, 2.05) is 18.2 Å². The molecule has 0 saturated carbocycles. The van der Waals surface area contributed by atoms with Gasteiger partial charge in [-0.05, 0) is 49.7 Å². The van der Waals surface area contributed by atoms with E-state index in [1.54, 1.807) is 29.8 Å². The predicted octanol–water partition coefficient (Wildman–Crippen LogP) is 2.68. The molecule has 10 heteroatoms. The Kier molecular flexibility index (Phi) is 7.45. The Hall–Kier alpha value is -2.72. The number of nitrogens with one attached hydrogen (secondary N) is 1. The molecule has 1 aromatic heterocycles. The Morgan fingerprint density at radius 1 is 1.19 bits per heavy atom. The van der Waals surface area contributed by atoms with E-state index in [2.05, 4.69) is 10.4 Å². The van der Waals surface area contributed by atoms with Crippen LogP contribution in [0.3, 0.4) is 0 Å². The molecule has 0 fully saturated rings. The molecule has 164 valence electrons. The molecule has 0 atom stereocenters. The minimum absolute atomic E-state index is 0.0759. The Morgan fingerprint density at radius 3 is 2.55 bits per heavy atom. The van der Waals surface area contributed by atoms with Crippen LogP contribution < -0.4 is 10.5 Å². The van der Waals surface area contributed by atoms with Crippen molar-refractivity contribution in [2.24, 2.45) is 5.14 Å².